The number of rotatable bonds is 3. The minimum Gasteiger partial charge on any atom is -0.479 e. The third-order valence-corrected chi connectivity index (χ3v) is 2.02. The predicted octanol–water partition coefficient (Wildman–Crippen LogP) is 2.34. The van der Waals surface area contributed by atoms with E-state index in [9.17, 15) is 4.79 Å². The van der Waals surface area contributed by atoms with Gasteiger partial charge in [0, 0.05) is 5.02 Å². The van der Waals surface area contributed by atoms with Crippen molar-refractivity contribution in [3.63, 3.8) is 0 Å². The van der Waals surface area contributed by atoms with Crippen molar-refractivity contribution in [2.24, 2.45) is 0 Å². The first kappa shape index (κ1) is 15.7. The lowest BCUT2D eigenvalue weighted by Crippen LogP contribution is -2.23. The van der Waals surface area contributed by atoms with Crippen molar-refractivity contribution in [2.45, 2.75) is 20.0 Å². The van der Waals surface area contributed by atoms with E-state index in [1.165, 1.54) is 6.92 Å². The highest BCUT2D eigenvalue weighted by atomic mass is 35.5. The maximum absolute atomic E-state index is 10.5. The Morgan fingerprint density at radius 3 is 2.41 bits per heavy atom. The Balaban J connectivity index is 0.000000770. The van der Waals surface area contributed by atoms with Gasteiger partial charge in [-0.1, -0.05) is 11.6 Å². The number of nitrogens with one attached hydrogen (secondary N) is 1. The fourth-order valence-electron chi connectivity index (χ4n) is 0.986. The molecule has 0 fully saturated rings. The molecule has 1 rings (SSSR count). The van der Waals surface area contributed by atoms with Crippen LogP contribution >= 0.6 is 11.6 Å². The van der Waals surface area contributed by atoms with Crippen molar-refractivity contribution in [1.29, 1.82) is 0 Å². The first-order valence-electron chi connectivity index (χ1n) is 5.16. The number of carbonyl (C=O) groups is 1. The molecule has 0 heterocycles. The molecule has 0 aliphatic carbocycles. The van der Waals surface area contributed by atoms with Crippen LogP contribution in [0.3, 0.4) is 0 Å². The van der Waals surface area contributed by atoms with E-state index < -0.39 is 12.1 Å². The Morgan fingerprint density at radius 2 is 2.00 bits per heavy atom. The lowest BCUT2D eigenvalue weighted by Gasteiger charge is -2.12. The smallest absolute Gasteiger partial charge is 0.344 e. The van der Waals surface area contributed by atoms with Crippen LogP contribution in [0.4, 0.5) is 0 Å². The van der Waals surface area contributed by atoms with E-state index in [-0.39, 0.29) is 0 Å². The molecule has 0 spiro atoms. The largest absolute Gasteiger partial charge is 0.479 e. The van der Waals surface area contributed by atoms with Crippen LogP contribution in [-0.4, -0.2) is 31.3 Å². The van der Waals surface area contributed by atoms with Crippen LogP contribution in [-0.2, 0) is 4.79 Å². The Kier molecular flexibility index (Phi) is 7.34. The SMILES string of the molecule is CNC.Cc1cc(Cl)ccc1O[C@H](C)C(=O)O. The number of aryl methyl sites for hydroxylation is 1. The van der Waals surface area contributed by atoms with E-state index in [1.807, 2.05) is 21.0 Å². The van der Waals surface area contributed by atoms with Crippen molar-refractivity contribution in [2.75, 3.05) is 14.1 Å². The zero-order chi connectivity index (χ0) is 13.4. The number of carboxylic acids is 1. The Labute approximate surface area is 107 Å². The zero-order valence-electron chi connectivity index (χ0n) is 10.5. The minimum absolute atomic E-state index is 0.546. The van der Waals surface area contributed by atoms with Crippen molar-refractivity contribution >= 4 is 17.6 Å². The van der Waals surface area contributed by atoms with Crippen molar-refractivity contribution in [3.05, 3.63) is 28.8 Å². The van der Waals surface area contributed by atoms with Gasteiger partial charge in [-0.25, -0.2) is 4.79 Å². The van der Waals surface area contributed by atoms with Gasteiger partial charge in [0.2, 0.25) is 0 Å². The van der Waals surface area contributed by atoms with Gasteiger partial charge in [-0.3, -0.25) is 0 Å². The van der Waals surface area contributed by atoms with Crippen LogP contribution in [0.1, 0.15) is 12.5 Å². The third kappa shape index (κ3) is 6.14. The summed E-state index contributed by atoms with van der Waals surface area (Å²) in [7, 11) is 3.75. The molecule has 2 N–H and O–H groups in total. The molecule has 0 aliphatic rings. The first-order chi connectivity index (χ1) is 7.92. The molecular formula is C12H18ClNO3. The highest BCUT2D eigenvalue weighted by molar-refractivity contribution is 6.30. The lowest BCUT2D eigenvalue weighted by atomic mass is 10.2. The lowest BCUT2D eigenvalue weighted by molar-refractivity contribution is -0.144. The van der Waals surface area contributed by atoms with Gasteiger partial charge in [0.25, 0.3) is 0 Å². The van der Waals surface area contributed by atoms with E-state index in [4.69, 9.17) is 21.4 Å². The summed E-state index contributed by atoms with van der Waals surface area (Å²) in [5.74, 6) is -0.441. The Bertz CT molecular complexity index is 369. The van der Waals surface area contributed by atoms with Gasteiger partial charge in [-0.15, -0.1) is 0 Å². The van der Waals surface area contributed by atoms with Crippen molar-refractivity contribution < 1.29 is 14.6 Å². The molecule has 0 saturated heterocycles. The maximum atomic E-state index is 10.5. The predicted molar refractivity (Wildman–Crippen MR) is 68.9 cm³/mol. The molecular weight excluding hydrogens is 242 g/mol. The maximum Gasteiger partial charge on any atom is 0.344 e. The van der Waals surface area contributed by atoms with Gasteiger partial charge in [-0.05, 0) is 51.7 Å². The number of ether oxygens (including phenoxy) is 1. The summed E-state index contributed by atoms with van der Waals surface area (Å²) in [4.78, 5) is 10.5. The van der Waals surface area contributed by atoms with Gasteiger partial charge >= 0.3 is 5.97 Å². The molecule has 96 valence electrons. The van der Waals surface area contributed by atoms with Gasteiger partial charge in [0.05, 0.1) is 0 Å². The number of hydrogen-bond acceptors (Lipinski definition) is 3. The van der Waals surface area contributed by atoms with Crippen LogP contribution in [0.15, 0.2) is 18.2 Å². The summed E-state index contributed by atoms with van der Waals surface area (Å²) in [5, 5.41) is 12.0. The van der Waals surface area contributed by atoms with Crippen LogP contribution in [0, 0.1) is 6.92 Å². The van der Waals surface area contributed by atoms with Gasteiger partial charge in [0.1, 0.15) is 5.75 Å². The highest BCUT2D eigenvalue weighted by Crippen LogP contribution is 2.22. The summed E-state index contributed by atoms with van der Waals surface area (Å²) in [5.41, 5.74) is 0.825. The van der Waals surface area contributed by atoms with E-state index in [0.29, 0.717) is 10.8 Å². The second kappa shape index (κ2) is 7.92. The standard InChI is InChI=1S/C10H11ClO3.C2H7N/c1-6-5-8(11)3-4-9(6)14-7(2)10(12)13;1-3-2/h3-5,7H,1-2H3,(H,12,13);3H,1-2H3/t7-;/m1./s1. The van der Waals surface area contributed by atoms with Crippen LogP contribution in [0.2, 0.25) is 5.02 Å². The molecule has 0 unspecified atom stereocenters. The second-order valence-corrected chi connectivity index (χ2v) is 3.94. The van der Waals surface area contributed by atoms with Gasteiger partial charge in [0.15, 0.2) is 6.10 Å². The second-order valence-electron chi connectivity index (χ2n) is 3.51. The quantitative estimate of drug-likeness (QED) is 0.875. The Hall–Kier alpha value is -1.26. The Morgan fingerprint density at radius 1 is 1.47 bits per heavy atom. The van der Waals surface area contributed by atoms with Gasteiger partial charge < -0.3 is 15.2 Å². The van der Waals surface area contributed by atoms with E-state index in [0.717, 1.165) is 5.56 Å². The van der Waals surface area contributed by atoms with Crippen LogP contribution < -0.4 is 10.1 Å². The molecule has 1 atom stereocenters. The summed E-state index contributed by atoms with van der Waals surface area (Å²) in [6.07, 6.45) is -0.852. The molecule has 0 saturated carbocycles. The van der Waals surface area contributed by atoms with Crippen LogP contribution in [0.25, 0.3) is 0 Å². The van der Waals surface area contributed by atoms with E-state index in [2.05, 4.69) is 5.32 Å². The van der Waals surface area contributed by atoms with Crippen LogP contribution in [0.5, 0.6) is 5.75 Å². The molecule has 17 heavy (non-hydrogen) atoms. The average molecular weight is 260 g/mol. The topological polar surface area (TPSA) is 58.6 Å². The zero-order valence-corrected chi connectivity index (χ0v) is 11.2. The van der Waals surface area contributed by atoms with Crippen molar-refractivity contribution in [1.82, 2.24) is 5.32 Å². The molecule has 4 nitrogen and oxygen atoms in total. The fraction of sp³-hybridized carbons (Fsp3) is 0.417. The molecule has 1 aromatic carbocycles. The first-order valence-corrected chi connectivity index (χ1v) is 5.54. The number of hydrogen-bond donors (Lipinski definition) is 2. The van der Waals surface area contributed by atoms with E-state index in [1.54, 1.807) is 18.2 Å². The molecule has 0 aliphatic heterocycles. The summed E-state index contributed by atoms with van der Waals surface area (Å²) in [6.45, 7) is 3.30. The number of carboxylic acid groups (broad SMARTS) is 1. The highest BCUT2D eigenvalue weighted by Gasteiger charge is 2.13. The average Bonchev–Trinajstić information content (AvgIpc) is 2.23. The molecule has 0 radical (unpaired) electrons. The normalized spacial score (nSPS) is 11.1. The third-order valence-electron chi connectivity index (χ3n) is 1.79. The molecule has 0 bridgehead atoms. The van der Waals surface area contributed by atoms with Crippen molar-refractivity contribution in [3.8, 4) is 5.75 Å². The van der Waals surface area contributed by atoms with E-state index >= 15 is 0 Å². The molecule has 0 amide bonds. The molecule has 0 aromatic heterocycles. The monoisotopic (exact) mass is 259 g/mol. The summed E-state index contributed by atoms with van der Waals surface area (Å²) >= 11 is 5.74. The summed E-state index contributed by atoms with van der Waals surface area (Å²) in [6, 6.07) is 5.06. The molecule has 5 heteroatoms. The fourth-order valence-corrected chi connectivity index (χ4v) is 1.21. The number of halogens is 1. The molecule has 1 aromatic rings. The summed E-state index contributed by atoms with van der Waals surface area (Å²) < 4.78 is 5.20. The minimum atomic E-state index is -0.987. The van der Waals surface area contributed by atoms with Gasteiger partial charge in [-0.2, -0.15) is 0 Å². The number of benzene rings is 1. The number of aliphatic carboxylic acids is 1.